The summed E-state index contributed by atoms with van der Waals surface area (Å²) in [6.07, 6.45) is -0.404. The summed E-state index contributed by atoms with van der Waals surface area (Å²) in [6, 6.07) is 3.13. The number of likely N-dealkylation sites (N-methyl/N-ethyl adjacent to an activating group) is 2. The van der Waals surface area contributed by atoms with Gasteiger partial charge in [-0.1, -0.05) is 0 Å². The Morgan fingerprint density at radius 3 is 2.22 bits per heavy atom. The Kier molecular flexibility index (Phi) is 6.10. The van der Waals surface area contributed by atoms with Gasteiger partial charge in [0.1, 0.15) is 22.3 Å². The number of carboxylic acid groups (broad SMARTS) is 1. The molecule has 2 aromatic rings. The molecular formula is C19H26N2O6. The average Bonchev–Trinajstić information content (AvgIpc) is 3.14. The van der Waals surface area contributed by atoms with Crippen LogP contribution in [0, 0.1) is 0 Å². The van der Waals surface area contributed by atoms with E-state index in [-0.39, 0.29) is 34.6 Å². The molecule has 0 atom stereocenters. The Morgan fingerprint density at radius 1 is 1.11 bits per heavy atom. The van der Waals surface area contributed by atoms with E-state index >= 15 is 0 Å². The topological polar surface area (TPSA) is 100 Å². The molecule has 0 saturated heterocycles. The zero-order chi connectivity index (χ0) is 20.4. The Hall–Kier alpha value is -2.61. The third-order valence-electron chi connectivity index (χ3n) is 4.04. The number of amides is 1. The second-order valence-electron chi connectivity index (χ2n) is 7.44. The fraction of sp³-hybridized carbons (Fsp3) is 0.526. The molecule has 0 aliphatic heterocycles. The van der Waals surface area contributed by atoms with Crippen molar-refractivity contribution in [3.8, 4) is 0 Å². The van der Waals surface area contributed by atoms with Gasteiger partial charge in [-0.25, -0.2) is 9.59 Å². The predicted molar refractivity (Wildman–Crippen MR) is 99.7 cm³/mol. The van der Waals surface area contributed by atoms with E-state index in [0.717, 1.165) is 0 Å². The maximum atomic E-state index is 12.6. The predicted octanol–water partition coefficient (Wildman–Crippen LogP) is 2.94. The van der Waals surface area contributed by atoms with Crippen LogP contribution in [0.4, 0.5) is 4.79 Å². The zero-order valence-electron chi connectivity index (χ0n) is 16.4. The molecule has 0 radical (unpaired) electrons. The molecule has 2 heterocycles. The summed E-state index contributed by atoms with van der Waals surface area (Å²) < 4.78 is 10.7. The number of hydrogen-bond donors (Lipinski definition) is 1. The fourth-order valence-corrected chi connectivity index (χ4v) is 2.74. The van der Waals surface area contributed by atoms with Crippen LogP contribution in [0.15, 0.2) is 16.5 Å². The normalized spacial score (nSPS) is 11.9. The number of ether oxygens (including phenoxy) is 1. The summed E-state index contributed by atoms with van der Waals surface area (Å²) in [5.41, 5.74) is -0.0764. The van der Waals surface area contributed by atoms with Crippen LogP contribution in [0.5, 0.6) is 0 Å². The molecule has 0 aliphatic carbocycles. The molecule has 8 heteroatoms. The van der Waals surface area contributed by atoms with Crippen molar-refractivity contribution in [1.82, 2.24) is 9.80 Å². The summed E-state index contributed by atoms with van der Waals surface area (Å²) >= 11 is 0. The molecule has 8 nitrogen and oxygen atoms in total. The van der Waals surface area contributed by atoms with Crippen molar-refractivity contribution < 1.29 is 28.6 Å². The Labute approximate surface area is 158 Å². The molecule has 0 spiro atoms. The van der Waals surface area contributed by atoms with Gasteiger partial charge >= 0.3 is 12.1 Å². The molecule has 0 aliphatic rings. The lowest BCUT2D eigenvalue weighted by Crippen LogP contribution is -2.41. The number of nitrogens with zero attached hydrogens (tertiary/aromatic N) is 2. The Balaban J connectivity index is 1.96. The molecule has 2 rings (SSSR count). The highest BCUT2D eigenvalue weighted by atomic mass is 16.6. The number of benzene rings is 1. The van der Waals surface area contributed by atoms with Crippen molar-refractivity contribution in [2.75, 3.05) is 33.2 Å². The lowest BCUT2D eigenvalue weighted by atomic mass is 10.0. The summed E-state index contributed by atoms with van der Waals surface area (Å²) in [6.45, 7) is 8.61. The van der Waals surface area contributed by atoms with Crippen LogP contribution in [-0.2, 0) is 4.74 Å². The summed E-state index contributed by atoms with van der Waals surface area (Å²) in [4.78, 5) is 39.4. The molecular weight excluding hydrogens is 352 g/mol. The number of aromatic carboxylic acids is 1. The highest BCUT2D eigenvalue weighted by molar-refractivity contribution is 6.15. The summed E-state index contributed by atoms with van der Waals surface area (Å²) in [5.74, 6) is -1.51. The first-order valence-corrected chi connectivity index (χ1v) is 8.81. The monoisotopic (exact) mass is 378 g/mol. The molecule has 1 N–H and O–H groups in total. The van der Waals surface area contributed by atoms with Crippen molar-refractivity contribution in [2.24, 2.45) is 0 Å². The van der Waals surface area contributed by atoms with E-state index < -0.39 is 17.7 Å². The van der Waals surface area contributed by atoms with Gasteiger partial charge < -0.3 is 19.2 Å². The van der Waals surface area contributed by atoms with E-state index in [9.17, 15) is 19.5 Å². The average molecular weight is 378 g/mol. The number of furan rings is 2. The molecule has 2 bridgehead atoms. The second kappa shape index (κ2) is 7.96. The Bertz CT molecular complexity index is 820. The van der Waals surface area contributed by atoms with Gasteiger partial charge in [-0.05, 0) is 46.9 Å². The van der Waals surface area contributed by atoms with Gasteiger partial charge in [0.2, 0.25) is 0 Å². The molecule has 0 aromatic carbocycles. The Morgan fingerprint density at radius 2 is 1.70 bits per heavy atom. The van der Waals surface area contributed by atoms with Crippen LogP contribution in [0.1, 0.15) is 48.4 Å². The lowest BCUT2D eigenvalue weighted by molar-refractivity contribution is 0.0248. The van der Waals surface area contributed by atoms with Gasteiger partial charge in [-0.3, -0.25) is 9.69 Å². The van der Waals surface area contributed by atoms with Crippen molar-refractivity contribution in [3.63, 3.8) is 0 Å². The van der Waals surface area contributed by atoms with Crippen LogP contribution in [-0.4, -0.2) is 71.6 Å². The maximum absolute atomic E-state index is 12.6. The SMILES string of the molecule is CCN(CCN(C)CC(=O)c1c(C(=O)O)c2ccc1o2)C(=O)OC(C)(C)C. The number of rotatable bonds is 8. The smallest absolute Gasteiger partial charge is 0.410 e. The first kappa shape index (κ1) is 20.7. The van der Waals surface area contributed by atoms with Gasteiger partial charge in [0.05, 0.1) is 12.1 Å². The number of Topliss-reactive ketones (excluding diaryl/α,β-unsaturated/α-hetero) is 1. The molecule has 27 heavy (non-hydrogen) atoms. The van der Waals surface area contributed by atoms with Gasteiger partial charge in [0.25, 0.3) is 0 Å². The van der Waals surface area contributed by atoms with Gasteiger partial charge in [0.15, 0.2) is 5.78 Å². The van der Waals surface area contributed by atoms with Crippen molar-refractivity contribution in [1.29, 1.82) is 0 Å². The minimum atomic E-state index is -1.18. The summed E-state index contributed by atoms with van der Waals surface area (Å²) in [7, 11) is 1.74. The van der Waals surface area contributed by atoms with E-state index in [1.54, 1.807) is 49.8 Å². The quantitative estimate of drug-likeness (QED) is 0.705. The van der Waals surface area contributed by atoms with Crippen LogP contribution in [0.25, 0.3) is 11.2 Å². The molecule has 2 aromatic heterocycles. The van der Waals surface area contributed by atoms with Crippen LogP contribution >= 0.6 is 0 Å². The minimum Gasteiger partial charge on any atom is -0.478 e. The van der Waals surface area contributed by atoms with E-state index in [1.807, 2.05) is 6.92 Å². The largest absolute Gasteiger partial charge is 0.478 e. The number of carbonyl (C=O) groups excluding carboxylic acids is 2. The molecule has 0 fully saturated rings. The highest BCUT2D eigenvalue weighted by Crippen LogP contribution is 2.29. The first-order chi connectivity index (χ1) is 12.5. The first-order valence-electron chi connectivity index (χ1n) is 8.81. The van der Waals surface area contributed by atoms with Crippen LogP contribution < -0.4 is 0 Å². The van der Waals surface area contributed by atoms with Gasteiger partial charge in [-0.2, -0.15) is 0 Å². The van der Waals surface area contributed by atoms with Crippen molar-refractivity contribution >= 4 is 29.0 Å². The van der Waals surface area contributed by atoms with E-state index in [4.69, 9.17) is 9.15 Å². The molecule has 0 unspecified atom stereocenters. The van der Waals surface area contributed by atoms with Crippen molar-refractivity contribution in [2.45, 2.75) is 33.3 Å². The number of fused-ring (bicyclic) bond motifs is 2. The third kappa shape index (κ3) is 4.97. The standard InChI is InChI=1S/C19H26N2O6/c1-6-21(18(25)27-19(2,3)4)10-9-20(5)11-12(22)15-13-7-8-14(26-13)16(15)17(23)24/h7-8H,6,9-11H2,1-5H3,(H,23,24). The second-order valence-corrected chi connectivity index (χ2v) is 7.44. The summed E-state index contributed by atoms with van der Waals surface area (Å²) in [5, 5.41) is 9.32. The van der Waals surface area contributed by atoms with E-state index in [1.165, 1.54) is 0 Å². The van der Waals surface area contributed by atoms with Crippen LogP contribution in [0.2, 0.25) is 0 Å². The molecule has 0 saturated carbocycles. The van der Waals surface area contributed by atoms with Gasteiger partial charge in [-0.15, -0.1) is 0 Å². The third-order valence-corrected chi connectivity index (χ3v) is 4.04. The zero-order valence-corrected chi connectivity index (χ0v) is 16.4. The highest BCUT2D eigenvalue weighted by Gasteiger charge is 2.28. The minimum absolute atomic E-state index is 0.0198. The van der Waals surface area contributed by atoms with Gasteiger partial charge in [0, 0.05) is 19.6 Å². The maximum Gasteiger partial charge on any atom is 0.410 e. The molecule has 148 valence electrons. The van der Waals surface area contributed by atoms with Crippen LogP contribution in [0.3, 0.4) is 0 Å². The molecule has 1 amide bonds. The number of carboxylic acids is 1. The van der Waals surface area contributed by atoms with E-state index in [0.29, 0.717) is 19.6 Å². The van der Waals surface area contributed by atoms with E-state index in [2.05, 4.69) is 0 Å². The van der Waals surface area contributed by atoms with Crippen molar-refractivity contribution in [3.05, 3.63) is 23.3 Å². The number of ketones is 1. The lowest BCUT2D eigenvalue weighted by Gasteiger charge is -2.28. The number of hydrogen-bond acceptors (Lipinski definition) is 6. The number of carbonyl (C=O) groups is 3. The fourth-order valence-electron chi connectivity index (χ4n) is 2.74.